The molecular weight excluding hydrogens is 214 g/mol. The second-order valence-corrected chi connectivity index (χ2v) is 5.83. The van der Waals surface area contributed by atoms with Crippen molar-refractivity contribution in [1.29, 1.82) is 0 Å². The topological polar surface area (TPSA) is 29.5 Å². The Bertz CT molecular complexity index is 280. The van der Waals surface area contributed by atoms with Gasteiger partial charge in [-0.05, 0) is 46.0 Å². The second kappa shape index (κ2) is 5.56. The lowest BCUT2D eigenvalue weighted by Gasteiger charge is -2.39. The van der Waals surface area contributed by atoms with Gasteiger partial charge in [0.15, 0.2) is 0 Å². The monoisotopic (exact) mass is 239 g/mol. The minimum atomic E-state index is -0.420. The van der Waals surface area contributed by atoms with Crippen LogP contribution in [-0.4, -0.2) is 29.2 Å². The number of rotatable bonds is 2. The number of hydrogen-bond acceptors (Lipinski definition) is 2. The van der Waals surface area contributed by atoms with Gasteiger partial charge in [-0.2, -0.15) is 0 Å². The molecule has 3 heteroatoms. The maximum absolute atomic E-state index is 12.1. The molecule has 1 rings (SSSR count). The Morgan fingerprint density at radius 2 is 2.12 bits per heavy atom. The van der Waals surface area contributed by atoms with Crippen LogP contribution in [0.5, 0.6) is 0 Å². The molecule has 0 saturated carbocycles. The van der Waals surface area contributed by atoms with Crippen LogP contribution in [0, 0.1) is 5.92 Å². The molecule has 0 N–H and O–H groups in total. The van der Waals surface area contributed by atoms with Crippen molar-refractivity contribution in [3.8, 4) is 0 Å². The average Bonchev–Trinajstić information content (AvgIpc) is 2.25. The van der Waals surface area contributed by atoms with Crippen LogP contribution in [0.25, 0.3) is 0 Å². The molecule has 3 nitrogen and oxygen atoms in total. The normalized spacial score (nSPS) is 23.1. The standard InChI is InChI=1S/C14H25NO2/c1-6-11(2)12-9-7-8-10-15(12)13(16)17-14(3,4)5/h6,11-12H,1,7-10H2,2-5H3. The fourth-order valence-corrected chi connectivity index (χ4v) is 2.21. The molecule has 98 valence electrons. The fraction of sp³-hybridized carbons (Fsp3) is 0.786. The third kappa shape index (κ3) is 4.06. The predicted molar refractivity (Wildman–Crippen MR) is 69.9 cm³/mol. The van der Waals surface area contributed by atoms with Crippen LogP contribution >= 0.6 is 0 Å². The minimum Gasteiger partial charge on any atom is -0.444 e. The van der Waals surface area contributed by atoms with E-state index < -0.39 is 5.60 Å². The van der Waals surface area contributed by atoms with Gasteiger partial charge in [-0.25, -0.2) is 4.79 Å². The Labute approximate surface area is 105 Å². The number of nitrogens with zero attached hydrogens (tertiary/aromatic N) is 1. The number of hydrogen-bond donors (Lipinski definition) is 0. The predicted octanol–water partition coefficient (Wildman–Crippen LogP) is 3.60. The van der Waals surface area contributed by atoms with Gasteiger partial charge >= 0.3 is 6.09 Å². The summed E-state index contributed by atoms with van der Waals surface area (Å²) in [6.07, 6.45) is 5.04. The molecule has 1 saturated heterocycles. The Balaban J connectivity index is 2.70. The van der Waals surface area contributed by atoms with Crippen molar-refractivity contribution in [2.24, 2.45) is 5.92 Å². The molecule has 0 aromatic heterocycles. The molecule has 2 unspecified atom stereocenters. The zero-order valence-electron chi connectivity index (χ0n) is 11.5. The molecule has 0 bridgehead atoms. The number of carbonyl (C=O) groups excluding carboxylic acids is 1. The van der Waals surface area contributed by atoms with Gasteiger partial charge in [-0.15, -0.1) is 6.58 Å². The first-order chi connectivity index (χ1) is 7.85. The lowest BCUT2D eigenvalue weighted by molar-refractivity contribution is 0.00544. The highest BCUT2D eigenvalue weighted by molar-refractivity contribution is 5.68. The first-order valence-corrected chi connectivity index (χ1v) is 6.47. The van der Waals surface area contributed by atoms with Crippen molar-refractivity contribution < 1.29 is 9.53 Å². The number of carbonyl (C=O) groups is 1. The van der Waals surface area contributed by atoms with E-state index in [9.17, 15) is 4.79 Å². The largest absolute Gasteiger partial charge is 0.444 e. The van der Waals surface area contributed by atoms with E-state index in [4.69, 9.17) is 4.74 Å². The molecule has 0 spiro atoms. The molecular formula is C14H25NO2. The third-order valence-corrected chi connectivity index (χ3v) is 3.16. The summed E-state index contributed by atoms with van der Waals surface area (Å²) < 4.78 is 5.45. The highest BCUT2D eigenvalue weighted by Gasteiger charge is 2.32. The molecule has 0 aliphatic carbocycles. The fourth-order valence-electron chi connectivity index (χ4n) is 2.21. The Hall–Kier alpha value is -0.990. The van der Waals surface area contributed by atoms with Gasteiger partial charge in [0.1, 0.15) is 5.60 Å². The molecule has 17 heavy (non-hydrogen) atoms. The van der Waals surface area contributed by atoms with E-state index in [2.05, 4.69) is 13.5 Å². The zero-order valence-corrected chi connectivity index (χ0v) is 11.5. The number of ether oxygens (including phenoxy) is 1. The van der Waals surface area contributed by atoms with E-state index in [1.54, 1.807) is 0 Å². The summed E-state index contributed by atoms with van der Waals surface area (Å²) in [5.41, 5.74) is -0.420. The zero-order chi connectivity index (χ0) is 13.1. The van der Waals surface area contributed by atoms with E-state index in [1.165, 1.54) is 6.42 Å². The van der Waals surface area contributed by atoms with Gasteiger partial charge in [0, 0.05) is 12.6 Å². The van der Waals surface area contributed by atoms with Gasteiger partial charge in [0.25, 0.3) is 0 Å². The lowest BCUT2D eigenvalue weighted by Crippen LogP contribution is -2.48. The van der Waals surface area contributed by atoms with Gasteiger partial charge in [-0.1, -0.05) is 13.0 Å². The highest BCUT2D eigenvalue weighted by Crippen LogP contribution is 2.25. The molecule has 1 aliphatic rings. The first kappa shape index (κ1) is 14.1. The van der Waals surface area contributed by atoms with E-state index in [0.29, 0.717) is 5.92 Å². The molecule has 2 atom stereocenters. The van der Waals surface area contributed by atoms with Gasteiger partial charge in [0.2, 0.25) is 0 Å². The van der Waals surface area contributed by atoms with Crippen molar-refractivity contribution in [2.75, 3.05) is 6.54 Å². The lowest BCUT2D eigenvalue weighted by atomic mass is 9.92. The van der Waals surface area contributed by atoms with Crippen LogP contribution in [0.2, 0.25) is 0 Å². The molecule has 1 amide bonds. The molecule has 1 aliphatic heterocycles. The first-order valence-electron chi connectivity index (χ1n) is 6.47. The minimum absolute atomic E-state index is 0.184. The summed E-state index contributed by atoms with van der Waals surface area (Å²) in [5.74, 6) is 0.322. The summed E-state index contributed by atoms with van der Waals surface area (Å²) in [6.45, 7) is 12.5. The molecule has 1 heterocycles. The number of likely N-dealkylation sites (tertiary alicyclic amines) is 1. The van der Waals surface area contributed by atoms with E-state index >= 15 is 0 Å². The van der Waals surface area contributed by atoms with Crippen molar-refractivity contribution >= 4 is 6.09 Å². The second-order valence-electron chi connectivity index (χ2n) is 5.83. The smallest absolute Gasteiger partial charge is 0.410 e. The Morgan fingerprint density at radius 1 is 1.47 bits per heavy atom. The molecule has 0 aromatic carbocycles. The highest BCUT2D eigenvalue weighted by atomic mass is 16.6. The summed E-state index contributed by atoms with van der Waals surface area (Å²) in [4.78, 5) is 14.0. The number of amides is 1. The summed E-state index contributed by atoms with van der Waals surface area (Å²) >= 11 is 0. The molecule has 0 aromatic rings. The summed E-state index contributed by atoms with van der Waals surface area (Å²) in [7, 11) is 0. The number of piperidine rings is 1. The Kier molecular flexibility index (Phi) is 4.61. The van der Waals surface area contributed by atoms with E-state index in [-0.39, 0.29) is 12.1 Å². The van der Waals surface area contributed by atoms with Crippen LogP contribution in [-0.2, 0) is 4.74 Å². The van der Waals surface area contributed by atoms with E-state index in [0.717, 1.165) is 19.4 Å². The van der Waals surface area contributed by atoms with Crippen LogP contribution in [0.3, 0.4) is 0 Å². The maximum Gasteiger partial charge on any atom is 0.410 e. The molecule has 1 fully saturated rings. The van der Waals surface area contributed by atoms with Crippen LogP contribution in [0.1, 0.15) is 47.0 Å². The van der Waals surface area contributed by atoms with Crippen molar-refractivity contribution in [1.82, 2.24) is 4.90 Å². The SMILES string of the molecule is C=CC(C)C1CCCCN1C(=O)OC(C)(C)C. The molecule has 0 radical (unpaired) electrons. The van der Waals surface area contributed by atoms with Gasteiger partial charge in [-0.3, -0.25) is 0 Å². The van der Waals surface area contributed by atoms with Crippen molar-refractivity contribution in [3.63, 3.8) is 0 Å². The maximum atomic E-state index is 12.1. The average molecular weight is 239 g/mol. The van der Waals surface area contributed by atoms with Gasteiger partial charge in [0.05, 0.1) is 0 Å². The summed E-state index contributed by atoms with van der Waals surface area (Å²) in [6, 6.07) is 0.246. The van der Waals surface area contributed by atoms with E-state index in [1.807, 2.05) is 31.7 Å². The third-order valence-electron chi connectivity index (χ3n) is 3.16. The van der Waals surface area contributed by atoms with Crippen LogP contribution in [0.15, 0.2) is 12.7 Å². The van der Waals surface area contributed by atoms with Crippen molar-refractivity contribution in [3.05, 3.63) is 12.7 Å². The quantitative estimate of drug-likeness (QED) is 0.689. The van der Waals surface area contributed by atoms with Crippen LogP contribution in [0.4, 0.5) is 4.79 Å². The van der Waals surface area contributed by atoms with Gasteiger partial charge < -0.3 is 9.64 Å². The summed E-state index contributed by atoms with van der Waals surface area (Å²) in [5, 5.41) is 0. The van der Waals surface area contributed by atoms with Crippen LogP contribution < -0.4 is 0 Å². The van der Waals surface area contributed by atoms with Crippen molar-refractivity contribution in [2.45, 2.75) is 58.6 Å². The Morgan fingerprint density at radius 3 is 2.65 bits per heavy atom.